The normalized spacial score (nSPS) is 13.8. The second kappa shape index (κ2) is 6.16. The summed E-state index contributed by atoms with van der Waals surface area (Å²) in [4.78, 5) is 27.0. The van der Waals surface area contributed by atoms with Crippen molar-refractivity contribution in [2.24, 2.45) is 0 Å². The lowest BCUT2D eigenvalue weighted by atomic mass is 10.1. The Labute approximate surface area is 145 Å². The van der Waals surface area contributed by atoms with Crippen molar-refractivity contribution in [2.45, 2.75) is 32.4 Å². The lowest BCUT2D eigenvalue weighted by Gasteiger charge is -2.22. The summed E-state index contributed by atoms with van der Waals surface area (Å²) < 4.78 is 0. The van der Waals surface area contributed by atoms with Gasteiger partial charge < -0.3 is 4.90 Å². The molecule has 0 bridgehead atoms. The minimum Gasteiger partial charge on any atom is -0.330 e. The van der Waals surface area contributed by atoms with Crippen LogP contribution in [0.4, 0.5) is 0 Å². The first-order valence-corrected chi connectivity index (χ1v) is 8.47. The molecule has 1 aliphatic rings. The molecule has 1 saturated carbocycles. The van der Waals surface area contributed by atoms with Crippen LogP contribution in [0.2, 0.25) is 0 Å². The van der Waals surface area contributed by atoms with Crippen LogP contribution < -0.4 is 5.56 Å². The maximum Gasteiger partial charge on any atom is 0.275 e. The molecule has 1 aliphatic carbocycles. The molecule has 2 aromatic carbocycles. The van der Waals surface area contributed by atoms with E-state index in [1.807, 2.05) is 36.1 Å². The number of H-pyrrole nitrogens is 1. The van der Waals surface area contributed by atoms with Gasteiger partial charge in [0, 0.05) is 18.0 Å². The van der Waals surface area contributed by atoms with Gasteiger partial charge in [0.2, 0.25) is 0 Å². The third-order valence-corrected chi connectivity index (χ3v) is 4.58. The Kier molecular flexibility index (Phi) is 3.84. The van der Waals surface area contributed by atoms with Crippen molar-refractivity contribution in [1.82, 2.24) is 15.1 Å². The first-order valence-electron chi connectivity index (χ1n) is 8.47. The number of hydrogen-bond acceptors (Lipinski definition) is 3. The summed E-state index contributed by atoms with van der Waals surface area (Å²) in [6.45, 7) is 2.60. The van der Waals surface area contributed by atoms with Gasteiger partial charge in [-0.05, 0) is 31.4 Å². The molecular weight excluding hydrogens is 314 g/mol. The second-order valence-corrected chi connectivity index (χ2v) is 6.60. The number of carbonyl (C=O) groups excluding carboxylic acids is 1. The van der Waals surface area contributed by atoms with E-state index < -0.39 is 0 Å². The van der Waals surface area contributed by atoms with Gasteiger partial charge in [0.1, 0.15) is 0 Å². The predicted molar refractivity (Wildman–Crippen MR) is 96.4 cm³/mol. The van der Waals surface area contributed by atoms with Crippen molar-refractivity contribution in [3.8, 4) is 0 Å². The van der Waals surface area contributed by atoms with E-state index in [0.29, 0.717) is 23.0 Å². The number of rotatable bonds is 4. The van der Waals surface area contributed by atoms with Crippen LogP contribution in [0.15, 0.2) is 53.3 Å². The van der Waals surface area contributed by atoms with Crippen LogP contribution in [0.3, 0.4) is 0 Å². The molecule has 0 saturated heterocycles. The van der Waals surface area contributed by atoms with E-state index in [1.54, 1.807) is 18.2 Å². The first kappa shape index (κ1) is 15.6. The van der Waals surface area contributed by atoms with E-state index in [4.69, 9.17) is 0 Å². The van der Waals surface area contributed by atoms with Gasteiger partial charge in [0.25, 0.3) is 11.5 Å². The number of aromatic nitrogens is 2. The fourth-order valence-corrected chi connectivity index (χ4v) is 3.17. The van der Waals surface area contributed by atoms with Crippen molar-refractivity contribution >= 4 is 16.7 Å². The molecule has 0 spiro atoms. The number of amides is 1. The van der Waals surface area contributed by atoms with Crippen LogP contribution in [0, 0.1) is 6.92 Å². The average Bonchev–Trinajstić information content (AvgIpc) is 3.45. The number of aryl methyl sites for hydroxylation is 1. The molecule has 0 unspecified atom stereocenters. The van der Waals surface area contributed by atoms with E-state index >= 15 is 0 Å². The second-order valence-electron chi connectivity index (χ2n) is 6.60. The van der Waals surface area contributed by atoms with E-state index in [9.17, 15) is 9.59 Å². The first-order chi connectivity index (χ1) is 12.1. The molecule has 1 N–H and O–H groups in total. The standard InChI is InChI=1S/C20H19N3O2/c1-13-5-4-6-14(11-13)12-23(15-9-10-15)20(25)18-16-7-2-3-8-17(16)19(24)22-21-18/h2-8,11,15H,9-10,12H2,1H3,(H,22,24). The summed E-state index contributed by atoms with van der Waals surface area (Å²) in [5.74, 6) is -0.128. The number of aromatic amines is 1. The number of hydrogen-bond donors (Lipinski definition) is 1. The lowest BCUT2D eigenvalue weighted by Crippen LogP contribution is -2.34. The molecule has 126 valence electrons. The fraction of sp³-hybridized carbons (Fsp3) is 0.250. The summed E-state index contributed by atoms with van der Waals surface area (Å²) in [6, 6.07) is 15.5. The van der Waals surface area contributed by atoms with Gasteiger partial charge in [0.05, 0.1) is 5.39 Å². The van der Waals surface area contributed by atoms with Crippen LogP contribution in [0.25, 0.3) is 10.8 Å². The summed E-state index contributed by atoms with van der Waals surface area (Å²) in [7, 11) is 0. The zero-order chi connectivity index (χ0) is 17.4. The summed E-state index contributed by atoms with van der Waals surface area (Å²) >= 11 is 0. The molecule has 1 fully saturated rings. The van der Waals surface area contributed by atoms with Gasteiger partial charge in [-0.15, -0.1) is 0 Å². The Balaban J connectivity index is 1.73. The van der Waals surface area contributed by atoms with Crippen LogP contribution in [0.5, 0.6) is 0 Å². The van der Waals surface area contributed by atoms with Crippen molar-refractivity contribution < 1.29 is 4.79 Å². The molecule has 25 heavy (non-hydrogen) atoms. The van der Waals surface area contributed by atoms with Gasteiger partial charge in [-0.1, -0.05) is 48.0 Å². The van der Waals surface area contributed by atoms with Crippen molar-refractivity contribution in [2.75, 3.05) is 0 Å². The fourth-order valence-electron chi connectivity index (χ4n) is 3.17. The Morgan fingerprint density at radius 1 is 1.16 bits per heavy atom. The van der Waals surface area contributed by atoms with E-state index in [2.05, 4.69) is 16.3 Å². The highest BCUT2D eigenvalue weighted by Crippen LogP contribution is 2.30. The maximum absolute atomic E-state index is 13.2. The minimum atomic E-state index is -0.274. The molecule has 0 atom stereocenters. The molecule has 0 radical (unpaired) electrons. The van der Waals surface area contributed by atoms with Crippen LogP contribution >= 0.6 is 0 Å². The van der Waals surface area contributed by atoms with E-state index in [1.165, 1.54) is 5.56 Å². The summed E-state index contributed by atoms with van der Waals surface area (Å²) in [6.07, 6.45) is 2.03. The number of nitrogens with zero attached hydrogens (tertiary/aromatic N) is 2. The number of benzene rings is 2. The lowest BCUT2D eigenvalue weighted by molar-refractivity contribution is 0.0725. The Morgan fingerprint density at radius 3 is 2.64 bits per heavy atom. The third kappa shape index (κ3) is 3.05. The van der Waals surface area contributed by atoms with Gasteiger partial charge >= 0.3 is 0 Å². The molecule has 5 nitrogen and oxygen atoms in total. The van der Waals surface area contributed by atoms with Crippen molar-refractivity contribution in [1.29, 1.82) is 0 Å². The largest absolute Gasteiger partial charge is 0.330 e. The van der Waals surface area contributed by atoms with Gasteiger partial charge in [-0.2, -0.15) is 5.10 Å². The number of nitrogens with one attached hydrogen (secondary N) is 1. The Bertz CT molecular complexity index is 1000. The monoisotopic (exact) mass is 333 g/mol. The third-order valence-electron chi connectivity index (χ3n) is 4.58. The summed E-state index contributed by atoms with van der Waals surface area (Å²) in [5, 5.41) is 7.62. The zero-order valence-corrected chi connectivity index (χ0v) is 14.0. The van der Waals surface area contributed by atoms with Crippen molar-refractivity contribution in [3.05, 3.63) is 75.7 Å². The van der Waals surface area contributed by atoms with Crippen LogP contribution in [-0.2, 0) is 6.54 Å². The molecule has 0 aliphatic heterocycles. The molecule has 5 heteroatoms. The SMILES string of the molecule is Cc1cccc(CN(C(=O)c2n[nH]c(=O)c3ccccc23)C2CC2)c1. The van der Waals surface area contributed by atoms with Gasteiger partial charge in [0.15, 0.2) is 5.69 Å². The molecule has 3 aromatic rings. The highest BCUT2D eigenvalue weighted by Gasteiger charge is 2.34. The number of fused-ring (bicyclic) bond motifs is 1. The predicted octanol–water partition coefficient (Wildman–Crippen LogP) is 3.04. The number of carbonyl (C=O) groups is 1. The maximum atomic E-state index is 13.2. The molecular formula is C20H19N3O2. The summed E-state index contributed by atoms with van der Waals surface area (Å²) in [5.41, 5.74) is 2.32. The van der Waals surface area contributed by atoms with Gasteiger partial charge in [-0.25, -0.2) is 5.10 Å². The Hall–Kier alpha value is -2.95. The molecule has 4 rings (SSSR count). The van der Waals surface area contributed by atoms with E-state index in [-0.39, 0.29) is 17.5 Å². The molecule has 1 amide bonds. The molecule has 1 heterocycles. The van der Waals surface area contributed by atoms with Crippen LogP contribution in [-0.4, -0.2) is 27.0 Å². The zero-order valence-electron chi connectivity index (χ0n) is 14.0. The topological polar surface area (TPSA) is 66.1 Å². The molecule has 1 aromatic heterocycles. The smallest absolute Gasteiger partial charge is 0.275 e. The quantitative estimate of drug-likeness (QED) is 0.798. The van der Waals surface area contributed by atoms with Crippen molar-refractivity contribution in [3.63, 3.8) is 0 Å². The minimum absolute atomic E-state index is 0.128. The Morgan fingerprint density at radius 2 is 1.92 bits per heavy atom. The average molecular weight is 333 g/mol. The highest BCUT2D eigenvalue weighted by atomic mass is 16.2. The highest BCUT2D eigenvalue weighted by molar-refractivity contribution is 6.04. The van der Waals surface area contributed by atoms with Crippen LogP contribution in [0.1, 0.15) is 34.5 Å². The van der Waals surface area contributed by atoms with E-state index in [0.717, 1.165) is 18.4 Å². The van der Waals surface area contributed by atoms with Gasteiger partial charge in [-0.3, -0.25) is 9.59 Å².